The Labute approximate surface area is 134 Å². The highest BCUT2D eigenvalue weighted by Crippen LogP contribution is 2.65. The molecule has 4 rings (SSSR count). The quantitative estimate of drug-likeness (QED) is 0.644. The van der Waals surface area contributed by atoms with Gasteiger partial charge in [-0.3, -0.25) is 0 Å². The van der Waals surface area contributed by atoms with Crippen LogP contribution in [0.25, 0.3) is 0 Å². The molecule has 0 aromatic heterocycles. The fraction of sp³-hybridized carbons (Fsp3) is 1.00. The zero-order valence-corrected chi connectivity index (χ0v) is 14.2. The minimum absolute atomic E-state index is 0.111. The van der Waals surface area contributed by atoms with Gasteiger partial charge in [0.25, 0.3) is 0 Å². The molecule has 0 aromatic rings. The van der Waals surface area contributed by atoms with Crippen LogP contribution in [-0.4, -0.2) is 28.5 Å². The van der Waals surface area contributed by atoms with Crippen molar-refractivity contribution in [2.24, 2.45) is 40.2 Å². The topological polar surface area (TPSA) is 66.5 Å². The summed E-state index contributed by atoms with van der Waals surface area (Å²) in [4.78, 5) is 0. The Morgan fingerprint density at radius 1 is 0.955 bits per heavy atom. The molecule has 9 atom stereocenters. The predicted octanol–water partition coefficient (Wildman–Crippen LogP) is 2.69. The van der Waals surface area contributed by atoms with Crippen molar-refractivity contribution in [2.75, 3.05) is 0 Å². The zero-order valence-electron chi connectivity index (χ0n) is 14.2. The summed E-state index contributed by atoms with van der Waals surface area (Å²) in [7, 11) is 0. The van der Waals surface area contributed by atoms with Crippen LogP contribution in [0.1, 0.15) is 65.2 Å². The van der Waals surface area contributed by atoms with Gasteiger partial charge in [-0.05, 0) is 85.9 Å². The highest BCUT2D eigenvalue weighted by Gasteiger charge is 2.62. The lowest BCUT2D eigenvalue weighted by molar-refractivity contribution is -0.173. The molecule has 4 saturated carbocycles. The number of aliphatic hydroxyl groups excluding tert-OH is 2. The molecule has 4 N–H and O–H groups in total. The van der Waals surface area contributed by atoms with E-state index < -0.39 is 0 Å². The molecule has 0 aliphatic heterocycles. The van der Waals surface area contributed by atoms with Gasteiger partial charge in [0, 0.05) is 6.04 Å². The SMILES string of the molecule is C[C@]12CC[C@H](O)CC1CC[C@@H]1[C@@H]2C(O)C[C@]2(C)C(N)CC[C@@H]12. The second-order valence-corrected chi connectivity index (χ2v) is 9.47. The van der Waals surface area contributed by atoms with Crippen LogP contribution >= 0.6 is 0 Å². The number of hydrogen-bond acceptors (Lipinski definition) is 3. The van der Waals surface area contributed by atoms with Crippen LogP contribution in [0.2, 0.25) is 0 Å². The Morgan fingerprint density at radius 2 is 1.73 bits per heavy atom. The fourth-order valence-corrected chi connectivity index (χ4v) is 7.40. The number of aliphatic hydroxyl groups is 2. The average Bonchev–Trinajstić information content (AvgIpc) is 2.75. The Bertz CT molecular complexity index is 455. The molecular weight excluding hydrogens is 274 g/mol. The van der Waals surface area contributed by atoms with Crippen LogP contribution in [0, 0.1) is 34.5 Å². The molecule has 0 aromatic carbocycles. The third-order valence-corrected chi connectivity index (χ3v) is 8.64. The molecule has 22 heavy (non-hydrogen) atoms. The summed E-state index contributed by atoms with van der Waals surface area (Å²) in [6, 6.07) is 0.270. The van der Waals surface area contributed by atoms with E-state index in [0.717, 1.165) is 32.1 Å². The monoisotopic (exact) mass is 307 g/mol. The van der Waals surface area contributed by atoms with Crippen molar-refractivity contribution in [1.29, 1.82) is 0 Å². The molecule has 3 nitrogen and oxygen atoms in total. The summed E-state index contributed by atoms with van der Waals surface area (Å²) < 4.78 is 0. The van der Waals surface area contributed by atoms with Crippen molar-refractivity contribution in [3.8, 4) is 0 Å². The standard InChI is InChI=1S/C19H33NO2/c1-18-8-7-12(21)9-11(18)3-4-13-14-5-6-16(20)19(14,2)10-15(22)17(13)18/h11-17,21-22H,3-10,20H2,1-2H3/t11?,12-,13-,14-,15?,16?,17+,18-,19-/m0/s1. The molecule has 4 aliphatic carbocycles. The Hall–Kier alpha value is -0.120. The zero-order chi connectivity index (χ0) is 15.7. The van der Waals surface area contributed by atoms with E-state index in [1.165, 1.54) is 19.3 Å². The summed E-state index contributed by atoms with van der Waals surface area (Å²) in [6.07, 6.45) is 8.42. The first-order chi connectivity index (χ1) is 10.4. The van der Waals surface area contributed by atoms with E-state index in [9.17, 15) is 10.2 Å². The normalized spacial score (nSPS) is 61.2. The van der Waals surface area contributed by atoms with Crippen LogP contribution in [0.15, 0.2) is 0 Å². The van der Waals surface area contributed by atoms with Gasteiger partial charge in [0.1, 0.15) is 0 Å². The Kier molecular flexibility index (Phi) is 3.46. The van der Waals surface area contributed by atoms with Crippen molar-refractivity contribution in [2.45, 2.75) is 83.5 Å². The van der Waals surface area contributed by atoms with Gasteiger partial charge in [-0.1, -0.05) is 13.8 Å². The molecule has 0 radical (unpaired) electrons. The van der Waals surface area contributed by atoms with Gasteiger partial charge in [-0.25, -0.2) is 0 Å². The summed E-state index contributed by atoms with van der Waals surface area (Å²) >= 11 is 0. The molecule has 4 aliphatic rings. The first-order valence-corrected chi connectivity index (χ1v) is 9.48. The van der Waals surface area contributed by atoms with Crippen molar-refractivity contribution >= 4 is 0 Å². The number of nitrogens with two attached hydrogens (primary N) is 1. The highest BCUT2D eigenvalue weighted by molar-refractivity contribution is 5.12. The largest absolute Gasteiger partial charge is 0.393 e. The first-order valence-electron chi connectivity index (χ1n) is 9.48. The van der Waals surface area contributed by atoms with Crippen molar-refractivity contribution in [3.63, 3.8) is 0 Å². The van der Waals surface area contributed by atoms with E-state index in [4.69, 9.17) is 5.73 Å². The minimum atomic E-state index is -0.196. The summed E-state index contributed by atoms with van der Waals surface area (Å²) in [5, 5.41) is 21.2. The maximum Gasteiger partial charge on any atom is 0.0582 e. The molecule has 3 heteroatoms. The molecule has 0 amide bonds. The van der Waals surface area contributed by atoms with Crippen LogP contribution < -0.4 is 5.73 Å². The lowest BCUT2D eigenvalue weighted by atomic mass is 9.44. The number of hydrogen-bond donors (Lipinski definition) is 3. The highest BCUT2D eigenvalue weighted by atomic mass is 16.3. The second kappa shape index (κ2) is 4.94. The molecule has 126 valence electrons. The summed E-state index contributed by atoms with van der Waals surface area (Å²) in [5.74, 6) is 2.40. The third-order valence-electron chi connectivity index (χ3n) is 8.64. The van der Waals surface area contributed by atoms with Gasteiger partial charge in [0.15, 0.2) is 0 Å². The van der Waals surface area contributed by atoms with E-state index in [2.05, 4.69) is 13.8 Å². The number of rotatable bonds is 0. The van der Waals surface area contributed by atoms with Crippen LogP contribution in [-0.2, 0) is 0 Å². The molecule has 0 bridgehead atoms. The molecule has 0 heterocycles. The Balaban J connectivity index is 1.68. The molecule has 0 spiro atoms. The van der Waals surface area contributed by atoms with Gasteiger partial charge in [-0.2, -0.15) is 0 Å². The second-order valence-electron chi connectivity index (χ2n) is 9.47. The van der Waals surface area contributed by atoms with Crippen molar-refractivity contribution < 1.29 is 10.2 Å². The third kappa shape index (κ3) is 1.91. The number of fused-ring (bicyclic) bond motifs is 5. The van der Waals surface area contributed by atoms with Crippen LogP contribution in [0.5, 0.6) is 0 Å². The van der Waals surface area contributed by atoms with Gasteiger partial charge < -0.3 is 15.9 Å². The van der Waals surface area contributed by atoms with Crippen LogP contribution in [0.4, 0.5) is 0 Å². The average molecular weight is 307 g/mol. The van der Waals surface area contributed by atoms with E-state index in [1.807, 2.05) is 0 Å². The van der Waals surface area contributed by atoms with E-state index in [-0.39, 0.29) is 29.1 Å². The maximum atomic E-state index is 11.1. The minimum Gasteiger partial charge on any atom is -0.393 e. The molecule has 4 fully saturated rings. The lowest BCUT2D eigenvalue weighted by Crippen LogP contribution is -2.60. The van der Waals surface area contributed by atoms with Crippen LogP contribution in [0.3, 0.4) is 0 Å². The maximum absolute atomic E-state index is 11.1. The predicted molar refractivity (Wildman–Crippen MR) is 87.1 cm³/mol. The first kappa shape index (κ1) is 15.4. The summed E-state index contributed by atoms with van der Waals surface area (Å²) in [6.45, 7) is 4.76. The van der Waals surface area contributed by atoms with Gasteiger partial charge in [-0.15, -0.1) is 0 Å². The molecular formula is C19H33NO2. The van der Waals surface area contributed by atoms with Crippen molar-refractivity contribution in [3.05, 3.63) is 0 Å². The van der Waals surface area contributed by atoms with Gasteiger partial charge in [0.05, 0.1) is 12.2 Å². The fourth-order valence-electron chi connectivity index (χ4n) is 7.40. The van der Waals surface area contributed by atoms with E-state index in [0.29, 0.717) is 23.7 Å². The molecule has 3 unspecified atom stereocenters. The van der Waals surface area contributed by atoms with E-state index >= 15 is 0 Å². The van der Waals surface area contributed by atoms with Crippen molar-refractivity contribution in [1.82, 2.24) is 0 Å². The van der Waals surface area contributed by atoms with Gasteiger partial charge >= 0.3 is 0 Å². The summed E-state index contributed by atoms with van der Waals surface area (Å²) in [5.41, 5.74) is 6.83. The lowest BCUT2D eigenvalue weighted by Gasteiger charge is -2.62. The Morgan fingerprint density at radius 3 is 2.50 bits per heavy atom. The van der Waals surface area contributed by atoms with Gasteiger partial charge in [0.2, 0.25) is 0 Å². The molecule has 0 saturated heterocycles. The smallest absolute Gasteiger partial charge is 0.0582 e. The van der Waals surface area contributed by atoms with E-state index in [1.54, 1.807) is 0 Å².